The van der Waals surface area contributed by atoms with E-state index in [1.165, 1.54) is 12.8 Å². The average molecular weight is 128 g/mol. The minimum absolute atomic E-state index is 0.0310. The fraction of sp³-hybridized carbons (Fsp3) is 0.714. The minimum atomic E-state index is -0.0310. The van der Waals surface area contributed by atoms with Gasteiger partial charge in [-0.2, -0.15) is 0 Å². The third-order valence-electron chi connectivity index (χ3n) is 1.16. The van der Waals surface area contributed by atoms with Crippen LogP contribution in [0, 0.1) is 0 Å². The fourth-order valence-electron chi connectivity index (χ4n) is 0.529. The Morgan fingerprint density at radius 3 is 2.89 bits per heavy atom. The van der Waals surface area contributed by atoms with Crippen molar-refractivity contribution in [2.45, 2.75) is 25.9 Å². The van der Waals surface area contributed by atoms with E-state index >= 15 is 0 Å². The van der Waals surface area contributed by atoms with E-state index in [4.69, 9.17) is 5.73 Å². The predicted molar refractivity (Wildman–Crippen MR) is 41.1 cm³/mol. The van der Waals surface area contributed by atoms with Crippen molar-refractivity contribution in [3.05, 3.63) is 12.7 Å². The first-order valence-corrected chi connectivity index (χ1v) is 3.42. The maximum atomic E-state index is 5.48. The summed E-state index contributed by atoms with van der Waals surface area (Å²) >= 11 is 0. The summed E-state index contributed by atoms with van der Waals surface area (Å²) in [5.41, 5.74) is 5.48. The largest absolute Gasteiger partial charge is 0.313 e. The molecule has 0 aliphatic rings. The second kappa shape index (κ2) is 5.79. The highest BCUT2D eigenvalue weighted by Gasteiger charge is 1.90. The van der Waals surface area contributed by atoms with Crippen LogP contribution in [0.25, 0.3) is 0 Å². The van der Waals surface area contributed by atoms with Gasteiger partial charge in [0.15, 0.2) is 0 Å². The fourth-order valence-corrected chi connectivity index (χ4v) is 0.529. The van der Waals surface area contributed by atoms with Gasteiger partial charge >= 0.3 is 0 Å². The molecule has 1 atom stereocenters. The van der Waals surface area contributed by atoms with Gasteiger partial charge in [-0.1, -0.05) is 19.4 Å². The van der Waals surface area contributed by atoms with Crippen LogP contribution in [0.3, 0.4) is 0 Å². The van der Waals surface area contributed by atoms with E-state index in [0.29, 0.717) is 0 Å². The third-order valence-corrected chi connectivity index (χ3v) is 1.16. The molecule has 0 spiro atoms. The van der Waals surface area contributed by atoms with Crippen molar-refractivity contribution in [3.63, 3.8) is 0 Å². The molecule has 54 valence electrons. The molecule has 0 rings (SSSR count). The molecular formula is C7H16N2. The molecule has 1 unspecified atom stereocenters. The zero-order chi connectivity index (χ0) is 7.11. The molecule has 0 heterocycles. The van der Waals surface area contributed by atoms with Gasteiger partial charge in [0.2, 0.25) is 0 Å². The van der Waals surface area contributed by atoms with E-state index in [1.807, 2.05) is 0 Å². The SMILES string of the molecule is C=CC(N)NCCCC. The zero-order valence-corrected chi connectivity index (χ0v) is 6.06. The zero-order valence-electron chi connectivity index (χ0n) is 6.06. The molecule has 0 bridgehead atoms. The van der Waals surface area contributed by atoms with Crippen LogP contribution in [-0.4, -0.2) is 12.7 Å². The lowest BCUT2D eigenvalue weighted by atomic mass is 10.3. The van der Waals surface area contributed by atoms with Crippen LogP contribution < -0.4 is 11.1 Å². The van der Waals surface area contributed by atoms with Crippen LogP contribution in [0.2, 0.25) is 0 Å². The van der Waals surface area contributed by atoms with Gasteiger partial charge in [-0.3, -0.25) is 5.32 Å². The molecule has 2 heteroatoms. The number of nitrogens with two attached hydrogens (primary N) is 1. The van der Waals surface area contributed by atoms with Gasteiger partial charge in [0, 0.05) is 0 Å². The van der Waals surface area contributed by atoms with Gasteiger partial charge < -0.3 is 5.73 Å². The molecule has 2 nitrogen and oxygen atoms in total. The molecule has 0 saturated carbocycles. The molecule has 0 aliphatic carbocycles. The van der Waals surface area contributed by atoms with Crippen molar-refractivity contribution in [1.29, 1.82) is 0 Å². The van der Waals surface area contributed by atoms with Crippen molar-refractivity contribution in [2.75, 3.05) is 6.54 Å². The summed E-state index contributed by atoms with van der Waals surface area (Å²) in [5, 5.41) is 3.09. The molecule has 0 saturated heterocycles. The molecule has 0 amide bonds. The van der Waals surface area contributed by atoms with Gasteiger partial charge in [-0.25, -0.2) is 0 Å². The lowest BCUT2D eigenvalue weighted by molar-refractivity contribution is 0.585. The standard InChI is InChI=1S/C7H16N2/c1-3-5-6-9-7(8)4-2/h4,7,9H,2-3,5-6,8H2,1H3. The second-order valence-corrected chi connectivity index (χ2v) is 2.07. The Labute approximate surface area is 57.1 Å². The monoisotopic (exact) mass is 128 g/mol. The topological polar surface area (TPSA) is 38.0 Å². The first-order valence-electron chi connectivity index (χ1n) is 3.42. The van der Waals surface area contributed by atoms with Crippen LogP contribution in [0.1, 0.15) is 19.8 Å². The van der Waals surface area contributed by atoms with Gasteiger partial charge in [0.05, 0.1) is 6.17 Å². The van der Waals surface area contributed by atoms with Gasteiger partial charge in [-0.15, -0.1) is 6.58 Å². The van der Waals surface area contributed by atoms with Crippen LogP contribution in [0.4, 0.5) is 0 Å². The Bertz CT molecular complexity index is 71.3. The highest BCUT2D eigenvalue weighted by Crippen LogP contribution is 1.82. The Morgan fingerprint density at radius 2 is 2.44 bits per heavy atom. The van der Waals surface area contributed by atoms with Crippen molar-refractivity contribution in [1.82, 2.24) is 5.32 Å². The van der Waals surface area contributed by atoms with Gasteiger partial charge in [0.25, 0.3) is 0 Å². The smallest absolute Gasteiger partial charge is 0.0736 e. The first kappa shape index (κ1) is 8.66. The molecule has 0 aliphatic heterocycles. The molecule has 0 aromatic heterocycles. The van der Waals surface area contributed by atoms with E-state index in [1.54, 1.807) is 6.08 Å². The van der Waals surface area contributed by atoms with E-state index in [2.05, 4.69) is 18.8 Å². The molecule has 0 radical (unpaired) electrons. The van der Waals surface area contributed by atoms with E-state index in [0.717, 1.165) is 6.54 Å². The van der Waals surface area contributed by atoms with Gasteiger partial charge in [0.1, 0.15) is 0 Å². The lowest BCUT2D eigenvalue weighted by Gasteiger charge is -2.06. The molecular weight excluding hydrogens is 112 g/mol. The number of nitrogens with one attached hydrogen (secondary N) is 1. The number of hydrogen-bond donors (Lipinski definition) is 2. The normalized spacial score (nSPS) is 13.1. The lowest BCUT2D eigenvalue weighted by Crippen LogP contribution is -2.35. The quantitative estimate of drug-likeness (QED) is 0.327. The summed E-state index contributed by atoms with van der Waals surface area (Å²) in [6.45, 7) is 6.70. The van der Waals surface area contributed by atoms with E-state index in [-0.39, 0.29) is 6.17 Å². The molecule has 0 aromatic rings. The highest BCUT2D eigenvalue weighted by atomic mass is 15.0. The summed E-state index contributed by atoms with van der Waals surface area (Å²) in [7, 11) is 0. The Kier molecular flexibility index (Phi) is 5.57. The second-order valence-electron chi connectivity index (χ2n) is 2.07. The number of hydrogen-bond acceptors (Lipinski definition) is 2. The molecule has 9 heavy (non-hydrogen) atoms. The Balaban J connectivity index is 2.96. The Morgan fingerprint density at radius 1 is 1.78 bits per heavy atom. The molecule has 0 aromatic carbocycles. The number of rotatable bonds is 5. The average Bonchev–Trinajstić information content (AvgIpc) is 1.89. The van der Waals surface area contributed by atoms with E-state index < -0.39 is 0 Å². The molecule has 3 N–H and O–H groups in total. The maximum Gasteiger partial charge on any atom is 0.0736 e. The van der Waals surface area contributed by atoms with Crippen LogP contribution in [0.5, 0.6) is 0 Å². The summed E-state index contributed by atoms with van der Waals surface area (Å²) in [6.07, 6.45) is 4.06. The van der Waals surface area contributed by atoms with Gasteiger partial charge in [-0.05, 0) is 13.0 Å². The minimum Gasteiger partial charge on any atom is -0.313 e. The maximum absolute atomic E-state index is 5.48. The summed E-state index contributed by atoms with van der Waals surface area (Å²) in [6, 6.07) is 0. The summed E-state index contributed by atoms with van der Waals surface area (Å²) < 4.78 is 0. The van der Waals surface area contributed by atoms with Crippen molar-refractivity contribution < 1.29 is 0 Å². The van der Waals surface area contributed by atoms with Crippen molar-refractivity contribution in [3.8, 4) is 0 Å². The van der Waals surface area contributed by atoms with Crippen molar-refractivity contribution >= 4 is 0 Å². The molecule has 0 fully saturated rings. The predicted octanol–water partition coefficient (Wildman–Crippen LogP) is 0.847. The van der Waals surface area contributed by atoms with Crippen molar-refractivity contribution in [2.24, 2.45) is 5.73 Å². The summed E-state index contributed by atoms with van der Waals surface area (Å²) in [4.78, 5) is 0. The Hall–Kier alpha value is -0.340. The van der Waals surface area contributed by atoms with Crippen LogP contribution in [0.15, 0.2) is 12.7 Å². The van der Waals surface area contributed by atoms with Crippen LogP contribution >= 0.6 is 0 Å². The highest BCUT2D eigenvalue weighted by molar-refractivity contribution is 4.79. The van der Waals surface area contributed by atoms with Crippen LogP contribution in [-0.2, 0) is 0 Å². The summed E-state index contributed by atoms with van der Waals surface area (Å²) in [5.74, 6) is 0. The number of unbranched alkanes of at least 4 members (excludes halogenated alkanes) is 1. The third kappa shape index (κ3) is 5.53. The first-order chi connectivity index (χ1) is 4.31. The van der Waals surface area contributed by atoms with E-state index in [9.17, 15) is 0 Å².